The molecular formula is C17H19N3S2. The first-order valence-corrected chi connectivity index (χ1v) is 8.79. The lowest BCUT2D eigenvalue weighted by Gasteiger charge is -2.26. The monoisotopic (exact) mass is 329 g/mol. The quantitative estimate of drug-likeness (QED) is 0.774. The van der Waals surface area contributed by atoms with Gasteiger partial charge in [-0.3, -0.25) is 4.90 Å². The SMILES string of the molecule is Cc1cc(C)n(CN2CCC[C@@H]2c2cccs2)c(=S)c1C#N. The zero-order valence-corrected chi connectivity index (χ0v) is 14.5. The highest BCUT2D eigenvalue weighted by atomic mass is 32.1. The Morgan fingerprint density at radius 1 is 1.45 bits per heavy atom. The Morgan fingerprint density at radius 3 is 2.95 bits per heavy atom. The number of nitrogens with zero attached hydrogens (tertiary/aromatic N) is 3. The average Bonchev–Trinajstić information content (AvgIpc) is 3.14. The second-order valence-electron chi connectivity index (χ2n) is 5.82. The molecule has 3 nitrogen and oxygen atoms in total. The van der Waals surface area contributed by atoms with Gasteiger partial charge in [0.15, 0.2) is 0 Å². The molecule has 0 amide bonds. The molecule has 1 fully saturated rings. The summed E-state index contributed by atoms with van der Waals surface area (Å²) < 4.78 is 2.77. The van der Waals surface area contributed by atoms with Crippen molar-refractivity contribution < 1.29 is 0 Å². The first kappa shape index (κ1) is 15.4. The Labute approximate surface area is 140 Å². The molecule has 0 spiro atoms. The maximum Gasteiger partial charge on any atom is 0.125 e. The van der Waals surface area contributed by atoms with E-state index in [1.165, 1.54) is 17.7 Å². The number of hydrogen-bond acceptors (Lipinski definition) is 4. The van der Waals surface area contributed by atoms with Gasteiger partial charge in [0, 0.05) is 23.2 Å². The Hall–Kier alpha value is -1.48. The molecule has 0 radical (unpaired) electrons. The van der Waals surface area contributed by atoms with Crippen molar-refractivity contribution in [2.45, 2.75) is 39.4 Å². The highest BCUT2D eigenvalue weighted by Gasteiger charge is 2.27. The molecule has 1 aliphatic rings. The summed E-state index contributed by atoms with van der Waals surface area (Å²) in [6.07, 6.45) is 2.41. The van der Waals surface area contributed by atoms with E-state index in [9.17, 15) is 5.26 Å². The van der Waals surface area contributed by atoms with Crippen LogP contribution in [0.4, 0.5) is 0 Å². The lowest BCUT2D eigenvalue weighted by Crippen LogP contribution is -2.27. The Morgan fingerprint density at radius 2 is 2.27 bits per heavy atom. The van der Waals surface area contributed by atoms with Crippen LogP contribution in [-0.4, -0.2) is 16.0 Å². The molecule has 1 atom stereocenters. The molecule has 3 heterocycles. The molecule has 0 bridgehead atoms. The van der Waals surface area contributed by atoms with Crippen LogP contribution in [-0.2, 0) is 6.67 Å². The standard InChI is InChI=1S/C17H19N3S2/c1-12-9-13(2)20(17(21)14(12)10-18)11-19-7-3-5-15(19)16-6-4-8-22-16/h4,6,8-9,15H,3,5,7,11H2,1-2H3/t15-/m1/s1. The molecule has 2 aromatic rings. The predicted octanol–water partition coefficient (Wildman–Crippen LogP) is 4.56. The summed E-state index contributed by atoms with van der Waals surface area (Å²) >= 11 is 7.38. The Kier molecular flexibility index (Phi) is 4.44. The van der Waals surface area contributed by atoms with Crippen LogP contribution in [0.25, 0.3) is 0 Å². The summed E-state index contributed by atoms with van der Waals surface area (Å²) in [4.78, 5) is 3.90. The number of aromatic nitrogens is 1. The summed E-state index contributed by atoms with van der Waals surface area (Å²) in [6, 6.07) is 9.13. The third-order valence-corrected chi connectivity index (χ3v) is 5.77. The maximum absolute atomic E-state index is 9.34. The van der Waals surface area contributed by atoms with Crippen LogP contribution in [0.2, 0.25) is 0 Å². The topological polar surface area (TPSA) is 32.0 Å². The van der Waals surface area contributed by atoms with Gasteiger partial charge in [-0.05, 0) is 49.8 Å². The van der Waals surface area contributed by atoms with E-state index in [-0.39, 0.29) is 0 Å². The van der Waals surface area contributed by atoms with E-state index < -0.39 is 0 Å². The van der Waals surface area contributed by atoms with Crippen molar-refractivity contribution in [3.8, 4) is 6.07 Å². The molecule has 0 aliphatic carbocycles. The van der Waals surface area contributed by atoms with Crippen LogP contribution in [0.15, 0.2) is 23.6 Å². The molecule has 0 N–H and O–H groups in total. The van der Waals surface area contributed by atoms with E-state index in [2.05, 4.69) is 46.0 Å². The van der Waals surface area contributed by atoms with Crippen molar-refractivity contribution in [3.05, 3.63) is 49.9 Å². The average molecular weight is 329 g/mol. The van der Waals surface area contributed by atoms with Crippen molar-refractivity contribution in [1.29, 1.82) is 5.26 Å². The maximum atomic E-state index is 9.34. The summed E-state index contributed by atoms with van der Waals surface area (Å²) in [5.74, 6) is 0. The molecule has 114 valence electrons. The van der Waals surface area contributed by atoms with Crippen molar-refractivity contribution in [3.63, 3.8) is 0 Å². The second kappa shape index (κ2) is 6.33. The van der Waals surface area contributed by atoms with Gasteiger partial charge in [0.05, 0.1) is 12.2 Å². The summed E-state index contributed by atoms with van der Waals surface area (Å²) in [6.45, 7) is 5.87. The van der Waals surface area contributed by atoms with E-state index in [1.54, 1.807) is 0 Å². The fraction of sp³-hybridized carbons (Fsp3) is 0.412. The van der Waals surface area contributed by atoms with Gasteiger partial charge < -0.3 is 4.57 Å². The number of pyridine rings is 1. The van der Waals surface area contributed by atoms with Gasteiger partial charge in [0.2, 0.25) is 0 Å². The van der Waals surface area contributed by atoms with Crippen LogP contribution in [0, 0.1) is 29.8 Å². The Bertz CT molecular complexity index is 768. The number of thiophene rings is 1. The lowest BCUT2D eigenvalue weighted by atomic mass is 10.1. The van der Waals surface area contributed by atoms with Gasteiger partial charge in [-0.1, -0.05) is 18.3 Å². The predicted molar refractivity (Wildman–Crippen MR) is 92.5 cm³/mol. The van der Waals surface area contributed by atoms with Crippen molar-refractivity contribution in [1.82, 2.24) is 9.47 Å². The summed E-state index contributed by atoms with van der Waals surface area (Å²) in [5, 5.41) is 11.5. The van der Waals surface area contributed by atoms with Gasteiger partial charge in [-0.2, -0.15) is 5.26 Å². The van der Waals surface area contributed by atoms with E-state index in [4.69, 9.17) is 12.2 Å². The number of likely N-dealkylation sites (tertiary alicyclic amines) is 1. The lowest BCUT2D eigenvalue weighted by molar-refractivity contribution is 0.201. The van der Waals surface area contributed by atoms with Gasteiger partial charge in [0.25, 0.3) is 0 Å². The van der Waals surface area contributed by atoms with Crippen LogP contribution in [0.1, 0.15) is 40.6 Å². The zero-order valence-electron chi connectivity index (χ0n) is 12.9. The van der Waals surface area contributed by atoms with Gasteiger partial charge in [-0.15, -0.1) is 11.3 Å². The van der Waals surface area contributed by atoms with E-state index in [1.807, 2.05) is 18.3 Å². The van der Waals surface area contributed by atoms with E-state index in [0.29, 0.717) is 16.2 Å². The van der Waals surface area contributed by atoms with Gasteiger partial charge in [0.1, 0.15) is 10.7 Å². The number of hydrogen-bond donors (Lipinski definition) is 0. The Balaban J connectivity index is 1.94. The largest absolute Gasteiger partial charge is 0.322 e. The molecule has 1 saturated heterocycles. The summed E-state index contributed by atoms with van der Waals surface area (Å²) in [7, 11) is 0. The minimum atomic E-state index is 0.480. The number of aryl methyl sites for hydroxylation is 2. The van der Waals surface area contributed by atoms with Crippen molar-refractivity contribution in [2.75, 3.05) is 6.54 Å². The van der Waals surface area contributed by atoms with Crippen LogP contribution >= 0.6 is 23.6 Å². The molecule has 22 heavy (non-hydrogen) atoms. The molecular weight excluding hydrogens is 310 g/mol. The van der Waals surface area contributed by atoms with Crippen molar-refractivity contribution >= 4 is 23.6 Å². The molecule has 0 aromatic carbocycles. The third kappa shape index (κ3) is 2.74. The molecule has 0 unspecified atom stereocenters. The normalized spacial score (nSPS) is 18.5. The van der Waals surface area contributed by atoms with Gasteiger partial charge in [-0.25, -0.2) is 0 Å². The second-order valence-corrected chi connectivity index (χ2v) is 7.18. The molecule has 5 heteroatoms. The van der Waals surface area contributed by atoms with E-state index in [0.717, 1.165) is 24.5 Å². The van der Waals surface area contributed by atoms with E-state index >= 15 is 0 Å². The minimum Gasteiger partial charge on any atom is -0.322 e. The van der Waals surface area contributed by atoms with Crippen LogP contribution in [0.5, 0.6) is 0 Å². The van der Waals surface area contributed by atoms with Crippen molar-refractivity contribution in [2.24, 2.45) is 0 Å². The first-order chi connectivity index (χ1) is 10.6. The number of nitriles is 1. The molecule has 3 rings (SSSR count). The fourth-order valence-electron chi connectivity index (χ4n) is 3.22. The minimum absolute atomic E-state index is 0.480. The third-order valence-electron chi connectivity index (χ3n) is 4.37. The molecule has 2 aromatic heterocycles. The smallest absolute Gasteiger partial charge is 0.125 e. The van der Waals surface area contributed by atoms with Crippen LogP contribution < -0.4 is 0 Å². The molecule has 1 aliphatic heterocycles. The van der Waals surface area contributed by atoms with Gasteiger partial charge >= 0.3 is 0 Å². The number of rotatable bonds is 3. The first-order valence-electron chi connectivity index (χ1n) is 7.50. The highest BCUT2D eigenvalue weighted by molar-refractivity contribution is 7.71. The summed E-state index contributed by atoms with van der Waals surface area (Å²) in [5.41, 5.74) is 2.73. The highest BCUT2D eigenvalue weighted by Crippen LogP contribution is 2.35. The van der Waals surface area contributed by atoms with Crippen LogP contribution in [0.3, 0.4) is 0 Å². The molecule has 0 saturated carbocycles. The fourth-order valence-corrected chi connectivity index (χ4v) is 4.52. The zero-order chi connectivity index (χ0) is 15.7.